The molecule has 4 aromatic rings. The van der Waals surface area contributed by atoms with Crippen LogP contribution < -0.4 is 15.6 Å². The first kappa shape index (κ1) is 54.8. The van der Waals surface area contributed by atoms with Crippen LogP contribution in [-0.4, -0.2) is 161 Å². The van der Waals surface area contributed by atoms with Gasteiger partial charge in [0.05, 0.1) is 52.7 Å². The number of aromatic nitrogens is 3. The van der Waals surface area contributed by atoms with E-state index < -0.39 is 35.1 Å². The zero-order valence-corrected chi connectivity index (χ0v) is 48.4. The van der Waals surface area contributed by atoms with Crippen LogP contribution >= 0.6 is 11.3 Å². The molecule has 8 heterocycles. The number of piperazine rings is 1. The summed E-state index contributed by atoms with van der Waals surface area (Å²) in [5.41, 5.74) is 10.2. The SMILES string of the molecule is CCn1c(-c2cc(N3CCN(C4CC4)CC3)cnc2[C@H](C)OC)c2c3cc(ccc31)-c1csc(n1)C[C@H](NC(=O)[C@H](C1CCCC1)N1CC[C@]3(CCN(C(=O)OC(C)(C)C)C3)C1)C(=O)N1CCC[C@H](N1)C(=O)OCC(C)(C)C2. The quantitative estimate of drug-likeness (QED) is 0.146. The molecule has 78 heavy (non-hydrogen) atoms. The van der Waals surface area contributed by atoms with Crippen molar-refractivity contribution in [1.29, 1.82) is 0 Å². The Bertz CT molecular complexity index is 2880. The van der Waals surface area contributed by atoms with E-state index >= 15 is 9.59 Å². The minimum absolute atomic E-state index is 0.124. The molecule has 17 nitrogen and oxygen atoms in total. The summed E-state index contributed by atoms with van der Waals surface area (Å²) in [6, 6.07) is 7.57. The van der Waals surface area contributed by atoms with Gasteiger partial charge in [0.15, 0.2) is 0 Å². The number of hydrogen-bond donors (Lipinski definition) is 2. The number of ether oxygens (including phenoxy) is 3. The first-order valence-electron chi connectivity index (χ1n) is 29.3. The Morgan fingerprint density at radius 3 is 2.46 bits per heavy atom. The standard InChI is InChI=1S/C60H84N10O7S/c1-9-69-49-19-16-40-29-43(49)45(53(69)44-30-42(33-61-51(44)38(2)75-8)66-27-25-65(26-28-66)41-17-18-41)32-59(6,7)37-76-56(73)46-15-12-22-70(64-46)55(72)47(31-50-62-48(40)34-78-50)63-54(71)52(39-13-10-11-14-39)67-23-20-60(35-67)21-24-68(36-60)57(74)77-58(3,4)5/h16,19,29-30,33-34,38-39,41,46-47,52,64H,9-15,17-18,20-28,31-32,35-37H2,1-8H3,(H,63,71)/t38-,46-,47-,52-,60-/m0/s1. The normalized spacial score (nSPS) is 25.7. The van der Waals surface area contributed by atoms with Gasteiger partial charge in [0, 0.05) is 117 Å². The van der Waals surface area contributed by atoms with Gasteiger partial charge in [-0.15, -0.1) is 11.3 Å². The topological polar surface area (TPSA) is 167 Å². The van der Waals surface area contributed by atoms with Crippen molar-refractivity contribution in [2.45, 2.75) is 168 Å². The molecular formula is C60H84N10O7S. The minimum Gasteiger partial charge on any atom is -0.464 e. The van der Waals surface area contributed by atoms with Crippen LogP contribution in [0.15, 0.2) is 35.8 Å². The molecule has 4 saturated heterocycles. The van der Waals surface area contributed by atoms with Crippen LogP contribution in [0.5, 0.6) is 0 Å². The van der Waals surface area contributed by atoms with Gasteiger partial charge in [0.2, 0.25) is 5.91 Å². The molecule has 11 rings (SSSR count). The Kier molecular flexibility index (Phi) is 15.5. The van der Waals surface area contributed by atoms with Gasteiger partial charge >= 0.3 is 12.1 Å². The van der Waals surface area contributed by atoms with Gasteiger partial charge in [0.1, 0.15) is 17.7 Å². The maximum atomic E-state index is 15.2. The number of carbonyl (C=O) groups is 4. The second-order valence-corrected chi connectivity index (χ2v) is 26.5. The number of amides is 3. The molecule has 7 aliphatic rings. The van der Waals surface area contributed by atoms with Crippen molar-refractivity contribution in [3.8, 4) is 22.5 Å². The van der Waals surface area contributed by atoms with Crippen molar-refractivity contribution in [2.75, 3.05) is 77.5 Å². The van der Waals surface area contributed by atoms with Crippen LogP contribution in [0.3, 0.4) is 0 Å². The average Bonchev–Trinajstić information content (AvgIpc) is 3.91. The number of likely N-dealkylation sites (tertiary alicyclic amines) is 2. The molecule has 2 aliphatic carbocycles. The Labute approximate surface area is 465 Å². The summed E-state index contributed by atoms with van der Waals surface area (Å²) in [7, 11) is 1.74. The molecule has 2 N–H and O–H groups in total. The first-order valence-corrected chi connectivity index (χ1v) is 30.2. The summed E-state index contributed by atoms with van der Waals surface area (Å²) in [6.07, 6.45) is 11.7. The molecule has 18 heteroatoms. The predicted molar refractivity (Wildman–Crippen MR) is 303 cm³/mol. The highest BCUT2D eigenvalue weighted by atomic mass is 32.1. The number of aryl methyl sites for hydroxylation is 1. The molecule has 2 saturated carbocycles. The lowest BCUT2D eigenvalue weighted by Crippen LogP contribution is -2.62. The Morgan fingerprint density at radius 2 is 1.73 bits per heavy atom. The molecular weight excluding hydrogens is 1000 g/mol. The minimum atomic E-state index is -0.948. The third-order valence-corrected chi connectivity index (χ3v) is 18.9. The lowest BCUT2D eigenvalue weighted by atomic mass is 9.84. The van der Waals surface area contributed by atoms with E-state index in [-0.39, 0.29) is 48.4 Å². The molecule has 6 fully saturated rings. The number of hydrazine groups is 1. The van der Waals surface area contributed by atoms with E-state index in [9.17, 15) is 9.59 Å². The second-order valence-electron chi connectivity index (χ2n) is 25.6. The van der Waals surface area contributed by atoms with Crippen molar-refractivity contribution < 1.29 is 33.4 Å². The number of nitrogens with zero attached hydrogens (tertiary/aromatic N) is 8. The fraction of sp³-hybridized carbons (Fsp3) is 0.667. The van der Waals surface area contributed by atoms with Crippen LogP contribution in [0, 0.1) is 16.7 Å². The van der Waals surface area contributed by atoms with E-state index in [0.717, 1.165) is 133 Å². The number of carbonyl (C=O) groups excluding carboxylic acids is 4. The number of anilines is 1. The van der Waals surface area contributed by atoms with Gasteiger partial charge in [-0.25, -0.2) is 15.2 Å². The van der Waals surface area contributed by atoms with E-state index in [1.54, 1.807) is 7.11 Å². The molecule has 0 radical (unpaired) electrons. The Morgan fingerprint density at radius 1 is 0.962 bits per heavy atom. The Balaban J connectivity index is 0.932. The number of benzene rings is 1. The molecule has 3 aromatic heterocycles. The molecule has 5 atom stereocenters. The highest BCUT2D eigenvalue weighted by Crippen LogP contribution is 2.45. The molecule has 3 amide bonds. The van der Waals surface area contributed by atoms with E-state index in [0.29, 0.717) is 52.0 Å². The smallest absolute Gasteiger partial charge is 0.410 e. The third-order valence-electron chi connectivity index (χ3n) is 18.0. The predicted octanol–water partition coefficient (Wildman–Crippen LogP) is 8.38. The zero-order chi connectivity index (χ0) is 54.7. The van der Waals surface area contributed by atoms with Crippen LogP contribution in [0.1, 0.15) is 135 Å². The fourth-order valence-electron chi connectivity index (χ4n) is 13.7. The van der Waals surface area contributed by atoms with Crippen molar-refractivity contribution in [1.82, 2.24) is 45.0 Å². The fourth-order valence-corrected chi connectivity index (χ4v) is 14.6. The van der Waals surface area contributed by atoms with E-state index in [4.69, 9.17) is 24.2 Å². The monoisotopic (exact) mass is 1090 g/mol. The number of cyclic esters (lactones) is 1. The summed E-state index contributed by atoms with van der Waals surface area (Å²) in [5, 5.41) is 8.77. The van der Waals surface area contributed by atoms with Gasteiger partial charge in [-0.2, -0.15) is 0 Å². The summed E-state index contributed by atoms with van der Waals surface area (Å²) in [4.78, 5) is 77.4. The number of fused-ring (bicyclic) bond motifs is 6. The van der Waals surface area contributed by atoms with Crippen LogP contribution in [0.2, 0.25) is 0 Å². The number of hydrogen-bond acceptors (Lipinski definition) is 14. The van der Waals surface area contributed by atoms with Crippen LogP contribution in [0.25, 0.3) is 33.4 Å². The lowest BCUT2D eigenvalue weighted by molar-refractivity contribution is -0.155. The van der Waals surface area contributed by atoms with E-state index in [1.165, 1.54) is 29.2 Å². The van der Waals surface area contributed by atoms with Crippen molar-refractivity contribution in [3.05, 3.63) is 52.1 Å². The van der Waals surface area contributed by atoms with Gasteiger partial charge in [-0.05, 0) is 129 Å². The van der Waals surface area contributed by atoms with Crippen LogP contribution in [0.4, 0.5) is 10.5 Å². The van der Waals surface area contributed by atoms with Gasteiger partial charge in [0.25, 0.3) is 5.91 Å². The number of rotatable bonds is 10. The molecule has 5 aliphatic heterocycles. The third kappa shape index (κ3) is 11.4. The summed E-state index contributed by atoms with van der Waals surface area (Å²) >= 11 is 1.50. The summed E-state index contributed by atoms with van der Waals surface area (Å²) < 4.78 is 20.5. The van der Waals surface area contributed by atoms with E-state index in [2.05, 4.69) is 87.3 Å². The van der Waals surface area contributed by atoms with Gasteiger partial charge in [-0.3, -0.25) is 34.2 Å². The summed E-state index contributed by atoms with van der Waals surface area (Å²) in [6.45, 7) is 22.2. The highest BCUT2D eigenvalue weighted by molar-refractivity contribution is 7.10. The van der Waals surface area contributed by atoms with Crippen molar-refractivity contribution in [2.24, 2.45) is 16.7 Å². The number of thiazole rings is 1. The highest BCUT2D eigenvalue weighted by Gasteiger charge is 2.50. The maximum Gasteiger partial charge on any atom is 0.410 e. The number of nitrogens with one attached hydrogen (secondary N) is 2. The van der Waals surface area contributed by atoms with Crippen molar-refractivity contribution >= 4 is 51.8 Å². The second kappa shape index (κ2) is 22.1. The Hall–Kier alpha value is -5.14. The maximum absolute atomic E-state index is 15.2. The number of pyridine rings is 1. The molecule has 6 bridgehead atoms. The summed E-state index contributed by atoms with van der Waals surface area (Å²) in [5.74, 6) is -0.706. The largest absolute Gasteiger partial charge is 0.464 e. The van der Waals surface area contributed by atoms with Crippen molar-refractivity contribution in [3.63, 3.8) is 0 Å². The number of esters is 1. The molecule has 0 unspecified atom stereocenters. The van der Waals surface area contributed by atoms with Gasteiger partial charge in [-0.1, -0.05) is 32.8 Å². The molecule has 422 valence electrons. The molecule has 1 aromatic carbocycles. The number of methoxy groups -OCH3 is 1. The zero-order valence-electron chi connectivity index (χ0n) is 47.5. The molecule has 1 spiro atoms. The van der Waals surface area contributed by atoms with E-state index in [1.807, 2.05) is 31.9 Å². The average molecular weight is 1090 g/mol. The van der Waals surface area contributed by atoms with Gasteiger partial charge < -0.3 is 33.9 Å². The first-order chi connectivity index (χ1) is 37.4. The lowest BCUT2D eigenvalue weighted by Gasteiger charge is -2.37. The van der Waals surface area contributed by atoms with Crippen LogP contribution in [-0.2, 0) is 48.0 Å².